The molecule has 1 aliphatic rings. The molecule has 2 aromatic heterocycles. The van der Waals surface area contributed by atoms with E-state index in [9.17, 15) is 4.79 Å². The average Bonchev–Trinajstić information content (AvgIpc) is 3.29. The summed E-state index contributed by atoms with van der Waals surface area (Å²) in [5.74, 6) is 0.452. The van der Waals surface area contributed by atoms with Crippen LogP contribution in [0.25, 0.3) is 22.0 Å². The molecule has 2 N–H and O–H groups in total. The number of piperidine rings is 1. The Hall–Kier alpha value is -3.02. The minimum Gasteiger partial charge on any atom is -0.467 e. The third-order valence-corrected chi connectivity index (χ3v) is 9.16. The van der Waals surface area contributed by atoms with Gasteiger partial charge in [-0.15, -0.1) is 0 Å². The number of ether oxygens (including phenoxy) is 2. The van der Waals surface area contributed by atoms with Crippen LogP contribution < -0.4 is 10.5 Å². The summed E-state index contributed by atoms with van der Waals surface area (Å²) in [6, 6.07) is 14.9. The van der Waals surface area contributed by atoms with Gasteiger partial charge in [-0.3, -0.25) is 4.79 Å². The highest BCUT2D eigenvalue weighted by molar-refractivity contribution is 14.1. The number of hydrogen-bond acceptors (Lipinski definition) is 6. The predicted molar refractivity (Wildman–Crippen MR) is 175 cm³/mol. The number of fused-ring (bicyclic) bond motifs is 1. The summed E-state index contributed by atoms with van der Waals surface area (Å²) in [6.07, 6.45) is 7.52. The summed E-state index contributed by atoms with van der Waals surface area (Å²) in [6.45, 7) is 5.42. The van der Waals surface area contributed by atoms with E-state index >= 15 is 0 Å². The number of aromatic nitrogens is 3. The molecule has 42 heavy (non-hydrogen) atoms. The molecule has 222 valence electrons. The smallest absolute Gasteiger partial charge is 0.316 e. The molecule has 1 unspecified atom stereocenters. The molecule has 2 aromatic carbocycles. The maximum Gasteiger partial charge on any atom is 0.316 e. The van der Waals surface area contributed by atoms with Gasteiger partial charge in [0.05, 0.1) is 7.11 Å². The second-order valence-corrected chi connectivity index (χ2v) is 12.3. The van der Waals surface area contributed by atoms with E-state index in [0.717, 1.165) is 62.2 Å². The molecule has 1 amide bonds. The normalized spacial score (nSPS) is 16.1. The minimum absolute atomic E-state index is 0.147. The molecule has 0 spiro atoms. The van der Waals surface area contributed by atoms with Crippen LogP contribution in [0.1, 0.15) is 48.4 Å². The molecule has 4 aromatic rings. The van der Waals surface area contributed by atoms with Gasteiger partial charge in [0.2, 0.25) is 5.91 Å². The third kappa shape index (κ3) is 6.79. The summed E-state index contributed by atoms with van der Waals surface area (Å²) < 4.78 is 14.2. The number of likely N-dealkylation sites (tertiary alicyclic amines) is 1. The second-order valence-electron chi connectivity index (χ2n) is 11.1. The molecule has 9 heteroatoms. The van der Waals surface area contributed by atoms with Crippen molar-refractivity contribution >= 4 is 39.4 Å². The molecule has 3 heterocycles. The lowest BCUT2D eigenvalue weighted by molar-refractivity contribution is -0.132. The average molecular weight is 682 g/mol. The van der Waals surface area contributed by atoms with Crippen LogP contribution in [0.5, 0.6) is 6.01 Å². The zero-order valence-electron chi connectivity index (χ0n) is 24.7. The van der Waals surface area contributed by atoms with Crippen molar-refractivity contribution in [1.82, 2.24) is 19.4 Å². The number of nitrogens with two attached hydrogens (primary N) is 1. The van der Waals surface area contributed by atoms with E-state index in [1.807, 2.05) is 17.0 Å². The maximum atomic E-state index is 13.5. The van der Waals surface area contributed by atoms with Gasteiger partial charge in [0.1, 0.15) is 0 Å². The first-order chi connectivity index (χ1) is 20.4. The summed E-state index contributed by atoms with van der Waals surface area (Å²) in [5, 5.41) is 1.33. The van der Waals surface area contributed by atoms with E-state index in [-0.39, 0.29) is 11.9 Å². The van der Waals surface area contributed by atoms with E-state index < -0.39 is 0 Å². The Kier molecular flexibility index (Phi) is 10.1. The molecule has 1 aliphatic heterocycles. The quantitative estimate of drug-likeness (QED) is 0.161. The van der Waals surface area contributed by atoms with Crippen LogP contribution in [0.3, 0.4) is 0 Å². The van der Waals surface area contributed by atoms with Crippen molar-refractivity contribution in [1.29, 1.82) is 0 Å². The van der Waals surface area contributed by atoms with Crippen LogP contribution in [-0.4, -0.2) is 65.3 Å². The van der Waals surface area contributed by atoms with Crippen LogP contribution in [0.2, 0.25) is 0 Å². The van der Waals surface area contributed by atoms with Crippen molar-refractivity contribution < 1.29 is 14.3 Å². The van der Waals surface area contributed by atoms with E-state index in [0.29, 0.717) is 24.8 Å². The molecule has 5 rings (SSSR count). The minimum atomic E-state index is -0.239. The SMILES string of the molecule is COCCCn1c(C2CCCN(C(=O)C[C@H](N)Cc3ccc(-c4cnc(OC)nc4)cc3)C2)c(C)c2c(I)cccc21. The van der Waals surface area contributed by atoms with Gasteiger partial charge in [-0.1, -0.05) is 30.3 Å². The highest BCUT2D eigenvalue weighted by Crippen LogP contribution is 2.37. The topological polar surface area (TPSA) is 95.5 Å². The number of carbonyl (C=O) groups is 1. The number of benzene rings is 2. The number of rotatable bonds is 11. The Morgan fingerprint density at radius 1 is 1.12 bits per heavy atom. The molecule has 2 atom stereocenters. The number of aryl methyl sites for hydroxylation is 2. The first kappa shape index (κ1) is 30.4. The van der Waals surface area contributed by atoms with Crippen LogP contribution in [0, 0.1) is 10.5 Å². The Bertz CT molecular complexity index is 1500. The summed E-state index contributed by atoms with van der Waals surface area (Å²) >= 11 is 2.45. The van der Waals surface area contributed by atoms with Gasteiger partial charge < -0.3 is 24.7 Å². The lowest BCUT2D eigenvalue weighted by Crippen LogP contribution is -2.42. The fourth-order valence-electron chi connectivity index (χ4n) is 6.26. The summed E-state index contributed by atoms with van der Waals surface area (Å²) in [5.41, 5.74) is 13.6. The van der Waals surface area contributed by atoms with Gasteiger partial charge >= 0.3 is 6.01 Å². The highest BCUT2D eigenvalue weighted by Gasteiger charge is 2.30. The molecule has 0 radical (unpaired) electrons. The van der Waals surface area contributed by atoms with Crippen LogP contribution in [0.15, 0.2) is 54.9 Å². The van der Waals surface area contributed by atoms with Crippen molar-refractivity contribution in [3.63, 3.8) is 0 Å². The monoisotopic (exact) mass is 681 g/mol. The van der Waals surface area contributed by atoms with E-state index in [1.165, 1.54) is 25.7 Å². The number of amides is 1. The Morgan fingerprint density at radius 2 is 1.88 bits per heavy atom. The van der Waals surface area contributed by atoms with Gasteiger partial charge in [-0.25, -0.2) is 9.97 Å². The highest BCUT2D eigenvalue weighted by atomic mass is 127. The molecule has 8 nitrogen and oxygen atoms in total. The molecule has 0 aliphatic carbocycles. The van der Waals surface area contributed by atoms with E-state index in [4.69, 9.17) is 15.2 Å². The first-order valence-electron chi connectivity index (χ1n) is 14.6. The number of halogens is 1. The van der Waals surface area contributed by atoms with Gasteiger partial charge in [0.25, 0.3) is 0 Å². The maximum absolute atomic E-state index is 13.5. The molecule has 0 saturated carbocycles. The van der Waals surface area contributed by atoms with Gasteiger partial charge in [-0.2, -0.15) is 0 Å². The number of methoxy groups -OCH3 is 2. The zero-order chi connectivity index (χ0) is 29.6. The van der Waals surface area contributed by atoms with E-state index in [2.05, 4.69) is 74.4 Å². The third-order valence-electron chi connectivity index (χ3n) is 8.26. The Labute approximate surface area is 261 Å². The van der Waals surface area contributed by atoms with Crippen molar-refractivity contribution in [2.45, 2.75) is 57.5 Å². The molecule has 1 saturated heterocycles. The van der Waals surface area contributed by atoms with Crippen molar-refractivity contribution in [2.24, 2.45) is 5.73 Å². The van der Waals surface area contributed by atoms with Crippen molar-refractivity contribution in [2.75, 3.05) is 33.9 Å². The molecular formula is C33H40IN5O3. The number of nitrogens with zero attached hydrogens (tertiary/aromatic N) is 4. The lowest BCUT2D eigenvalue weighted by Gasteiger charge is -2.34. The van der Waals surface area contributed by atoms with Gasteiger partial charge in [-0.05, 0) is 84.0 Å². The summed E-state index contributed by atoms with van der Waals surface area (Å²) in [7, 11) is 3.31. The number of hydrogen-bond donors (Lipinski definition) is 1. The lowest BCUT2D eigenvalue weighted by atomic mass is 9.91. The largest absolute Gasteiger partial charge is 0.467 e. The van der Waals surface area contributed by atoms with Gasteiger partial charge in [0.15, 0.2) is 0 Å². The molecular weight excluding hydrogens is 641 g/mol. The van der Waals surface area contributed by atoms with E-state index in [1.54, 1.807) is 26.6 Å². The second kappa shape index (κ2) is 14.0. The van der Waals surface area contributed by atoms with Crippen molar-refractivity contribution in [3.8, 4) is 17.1 Å². The van der Waals surface area contributed by atoms with Crippen molar-refractivity contribution in [3.05, 3.63) is 75.2 Å². The fraction of sp³-hybridized carbons (Fsp3) is 0.424. The fourth-order valence-corrected chi connectivity index (χ4v) is 7.15. The first-order valence-corrected chi connectivity index (χ1v) is 15.7. The molecule has 0 bridgehead atoms. The van der Waals surface area contributed by atoms with Crippen LogP contribution in [-0.2, 0) is 22.5 Å². The number of carbonyl (C=O) groups excluding carboxylic acids is 1. The Balaban J connectivity index is 1.24. The standard InChI is InChI=1S/C33H40IN5O3/c1-22-31-28(34)8-4-9-29(31)39(15-6-16-41-2)32(22)25-7-5-14-38(21-25)30(40)18-27(35)17-23-10-12-24(13-11-23)26-19-36-33(42-3)37-20-26/h4,8-13,19-20,25,27H,5-7,14-18,21,35H2,1-3H3/t25?,27-/m1/s1. The van der Waals surface area contributed by atoms with Crippen LogP contribution >= 0.6 is 22.6 Å². The molecule has 1 fully saturated rings. The summed E-state index contributed by atoms with van der Waals surface area (Å²) in [4.78, 5) is 23.9. The Morgan fingerprint density at radius 3 is 2.60 bits per heavy atom. The van der Waals surface area contributed by atoms with Gasteiger partial charge in [0, 0.05) is 89.9 Å². The van der Waals surface area contributed by atoms with Crippen LogP contribution in [0.4, 0.5) is 0 Å². The predicted octanol–water partition coefficient (Wildman–Crippen LogP) is 5.72. The zero-order valence-corrected chi connectivity index (χ0v) is 26.8.